The number of nitrogen functional groups attached to an aromatic ring is 1. The van der Waals surface area contributed by atoms with Crippen molar-refractivity contribution in [2.75, 3.05) is 5.73 Å². The van der Waals surface area contributed by atoms with Gasteiger partial charge in [0, 0.05) is 21.8 Å². The molecule has 0 saturated carbocycles. The minimum absolute atomic E-state index is 0.379. The number of nitrogens with one attached hydrogen (secondary N) is 1. The number of H-pyrrole nitrogens is 1. The van der Waals surface area contributed by atoms with E-state index in [-0.39, 0.29) is 5.56 Å². The quantitative estimate of drug-likeness (QED) is 0.547. The van der Waals surface area contributed by atoms with Crippen molar-refractivity contribution in [1.82, 2.24) is 4.98 Å². The largest absolute Gasteiger partial charge is 0.398 e. The van der Waals surface area contributed by atoms with E-state index >= 15 is 0 Å². The Morgan fingerprint density at radius 2 is 1.56 bits per heavy atom. The number of aromatic nitrogens is 1. The second-order valence-electron chi connectivity index (χ2n) is 3.71. The van der Waals surface area contributed by atoms with Gasteiger partial charge in [-0.25, -0.2) is 0 Å². The number of hydrogen-bond donors (Lipinski definition) is 2. The van der Waals surface area contributed by atoms with Crippen molar-refractivity contribution in [2.24, 2.45) is 0 Å². The molecule has 0 unspecified atom stereocenters. The lowest BCUT2D eigenvalue weighted by Gasteiger charge is -2.01. The minimum atomic E-state index is -0.400. The van der Waals surface area contributed by atoms with Gasteiger partial charge >= 0.3 is 0 Å². The van der Waals surface area contributed by atoms with E-state index in [2.05, 4.69) is 4.98 Å². The first kappa shape index (κ1) is 8.91. The second-order valence-corrected chi connectivity index (χ2v) is 3.71. The lowest BCUT2D eigenvalue weighted by atomic mass is 10.0. The number of hydrogen-bond acceptors (Lipinski definition) is 3. The summed E-state index contributed by atoms with van der Waals surface area (Å²) in [7, 11) is 0. The van der Waals surface area contributed by atoms with Gasteiger partial charge in [0.25, 0.3) is 11.1 Å². The predicted octanol–water partition coefficient (Wildman–Crippen LogP) is 1.06. The summed E-state index contributed by atoms with van der Waals surface area (Å²) in [5.74, 6) is 0. The van der Waals surface area contributed by atoms with E-state index in [1.54, 1.807) is 30.3 Å². The van der Waals surface area contributed by atoms with Gasteiger partial charge in [0.15, 0.2) is 0 Å². The number of aromatic amines is 1. The standard InChI is InChI=1S/C12H8N2O2/c13-9-5-4-7-6-2-1-3-8(10(6)9)12(16)14-11(7)15/h1-5H,13H2,(H,14,15,16). The number of nitrogens with two attached hydrogens (primary N) is 1. The van der Waals surface area contributed by atoms with Crippen molar-refractivity contribution in [3.05, 3.63) is 51.0 Å². The maximum atomic E-state index is 11.7. The molecule has 0 radical (unpaired) electrons. The fourth-order valence-corrected chi connectivity index (χ4v) is 2.06. The van der Waals surface area contributed by atoms with Gasteiger partial charge in [-0.2, -0.15) is 0 Å². The van der Waals surface area contributed by atoms with E-state index in [4.69, 9.17) is 5.73 Å². The number of benzene rings is 2. The Bertz CT molecular complexity index is 805. The molecule has 4 bridgehead atoms. The second kappa shape index (κ2) is 2.82. The number of anilines is 1. The zero-order chi connectivity index (χ0) is 11.3. The molecule has 1 aromatic heterocycles. The smallest absolute Gasteiger partial charge is 0.258 e. The maximum absolute atomic E-state index is 11.7. The van der Waals surface area contributed by atoms with Crippen molar-refractivity contribution < 1.29 is 0 Å². The van der Waals surface area contributed by atoms with Crippen LogP contribution in [0.25, 0.3) is 21.5 Å². The van der Waals surface area contributed by atoms with Gasteiger partial charge in [-0.1, -0.05) is 12.1 Å². The van der Waals surface area contributed by atoms with Crippen LogP contribution in [0.15, 0.2) is 39.9 Å². The molecule has 4 nitrogen and oxygen atoms in total. The molecule has 0 amide bonds. The molecule has 0 fully saturated rings. The van der Waals surface area contributed by atoms with Crippen molar-refractivity contribution in [3.8, 4) is 0 Å². The van der Waals surface area contributed by atoms with Crippen molar-refractivity contribution in [3.63, 3.8) is 0 Å². The maximum Gasteiger partial charge on any atom is 0.258 e. The van der Waals surface area contributed by atoms with E-state index in [0.717, 1.165) is 5.39 Å². The Morgan fingerprint density at radius 1 is 0.875 bits per heavy atom. The Kier molecular flexibility index (Phi) is 1.57. The zero-order valence-electron chi connectivity index (χ0n) is 8.28. The van der Waals surface area contributed by atoms with E-state index in [1.165, 1.54) is 0 Å². The molecule has 3 rings (SSSR count). The lowest BCUT2D eigenvalue weighted by Crippen LogP contribution is -2.13. The third-order valence-corrected chi connectivity index (χ3v) is 2.79. The highest BCUT2D eigenvalue weighted by Gasteiger charge is 2.09. The molecule has 0 aliphatic carbocycles. The topological polar surface area (TPSA) is 76.0 Å². The van der Waals surface area contributed by atoms with E-state index in [9.17, 15) is 9.59 Å². The Labute approximate surface area is 89.7 Å². The first-order valence-electron chi connectivity index (χ1n) is 4.85. The van der Waals surface area contributed by atoms with Crippen LogP contribution in [-0.4, -0.2) is 4.98 Å². The van der Waals surface area contributed by atoms with Gasteiger partial charge in [0.05, 0.1) is 0 Å². The minimum Gasteiger partial charge on any atom is -0.398 e. The molecule has 3 N–H and O–H groups in total. The molecule has 0 aliphatic heterocycles. The molecule has 2 aromatic carbocycles. The molecule has 0 saturated heterocycles. The molecule has 1 heterocycles. The summed E-state index contributed by atoms with van der Waals surface area (Å²) in [5, 5.41) is 2.31. The van der Waals surface area contributed by atoms with E-state index < -0.39 is 5.56 Å². The van der Waals surface area contributed by atoms with Gasteiger partial charge in [-0.3, -0.25) is 14.6 Å². The van der Waals surface area contributed by atoms with Crippen LogP contribution >= 0.6 is 0 Å². The monoisotopic (exact) mass is 212 g/mol. The summed E-state index contributed by atoms with van der Waals surface area (Å²) in [4.78, 5) is 25.8. The van der Waals surface area contributed by atoms with Crippen LogP contribution in [0.4, 0.5) is 5.69 Å². The summed E-state index contributed by atoms with van der Waals surface area (Å²) in [5.41, 5.74) is 5.58. The lowest BCUT2D eigenvalue weighted by molar-refractivity contribution is 1.24. The van der Waals surface area contributed by atoms with E-state index in [0.29, 0.717) is 21.8 Å². The van der Waals surface area contributed by atoms with Gasteiger partial charge in [-0.05, 0) is 23.6 Å². The Morgan fingerprint density at radius 3 is 2.38 bits per heavy atom. The zero-order valence-corrected chi connectivity index (χ0v) is 8.28. The van der Waals surface area contributed by atoms with Gasteiger partial charge in [0.1, 0.15) is 0 Å². The summed E-state index contributed by atoms with van der Waals surface area (Å²) >= 11 is 0. The predicted molar refractivity (Wildman–Crippen MR) is 63.9 cm³/mol. The SMILES string of the molecule is Nc1ccc2c(=O)[nH]c(=O)c3cccc2c13. The van der Waals surface area contributed by atoms with Crippen LogP contribution in [-0.2, 0) is 0 Å². The average Bonchev–Trinajstić information content (AvgIpc) is 2.31. The molecule has 78 valence electrons. The Hall–Kier alpha value is -2.36. The first-order valence-corrected chi connectivity index (χ1v) is 4.85. The molecule has 0 aliphatic rings. The third kappa shape index (κ3) is 0.982. The number of rotatable bonds is 0. The molecule has 16 heavy (non-hydrogen) atoms. The van der Waals surface area contributed by atoms with Gasteiger partial charge < -0.3 is 5.73 Å². The highest BCUT2D eigenvalue weighted by Crippen LogP contribution is 2.26. The van der Waals surface area contributed by atoms with Crippen LogP contribution in [0, 0.1) is 0 Å². The normalized spacial score (nSPS) is 11.2. The molecular weight excluding hydrogens is 204 g/mol. The van der Waals surface area contributed by atoms with E-state index in [1.807, 2.05) is 0 Å². The van der Waals surface area contributed by atoms with Crippen LogP contribution in [0.3, 0.4) is 0 Å². The van der Waals surface area contributed by atoms with Crippen molar-refractivity contribution >= 4 is 27.2 Å². The van der Waals surface area contributed by atoms with Crippen LogP contribution in [0.5, 0.6) is 0 Å². The van der Waals surface area contributed by atoms with Crippen LogP contribution < -0.4 is 16.9 Å². The molecule has 0 spiro atoms. The summed E-state index contributed by atoms with van der Waals surface area (Å²) in [6, 6.07) is 8.49. The fraction of sp³-hybridized carbons (Fsp3) is 0. The average molecular weight is 212 g/mol. The Balaban J connectivity index is 2.94. The summed E-state index contributed by atoms with van der Waals surface area (Å²) < 4.78 is 0. The molecule has 4 heteroatoms. The van der Waals surface area contributed by atoms with Crippen molar-refractivity contribution in [2.45, 2.75) is 0 Å². The third-order valence-electron chi connectivity index (χ3n) is 2.79. The molecular formula is C12H8N2O2. The highest BCUT2D eigenvalue weighted by molar-refractivity contribution is 6.12. The molecule has 0 atom stereocenters. The van der Waals surface area contributed by atoms with Crippen LogP contribution in [0.2, 0.25) is 0 Å². The summed E-state index contributed by atoms with van der Waals surface area (Å²) in [6.07, 6.45) is 0. The molecule has 3 aromatic rings. The van der Waals surface area contributed by atoms with Crippen molar-refractivity contribution in [1.29, 1.82) is 0 Å². The first-order chi connectivity index (χ1) is 7.68. The van der Waals surface area contributed by atoms with Crippen LogP contribution in [0.1, 0.15) is 0 Å². The van der Waals surface area contributed by atoms with Gasteiger partial charge in [0.2, 0.25) is 0 Å². The van der Waals surface area contributed by atoms with Gasteiger partial charge in [-0.15, -0.1) is 0 Å². The highest BCUT2D eigenvalue weighted by atomic mass is 16.2. The summed E-state index contributed by atoms with van der Waals surface area (Å²) in [6.45, 7) is 0. The fourth-order valence-electron chi connectivity index (χ4n) is 2.06.